The molecule has 0 radical (unpaired) electrons. The molecule has 2 aliphatic rings. The Morgan fingerprint density at radius 1 is 1.24 bits per heavy atom. The van der Waals surface area contributed by atoms with Gasteiger partial charge in [-0.1, -0.05) is 25.3 Å². The number of rotatable bonds is 6. The van der Waals surface area contributed by atoms with Gasteiger partial charge in [-0.15, -0.1) is 0 Å². The lowest BCUT2D eigenvalue weighted by Crippen LogP contribution is -2.36. The first-order chi connectivity index (χ1) is 14.2. The molecule has 1 N–H and O–H groups in total. The van der Waals surface area contributed by atoms with E-state index in [-0.39, 0.29) is 24.6 Å². The van der Waals surface area contributed by atoms with E-state index in [1.807, 2.05) is 30.0 Å². The topological polar surface area (TPSA) is 59.4 Å². The summed E-state index contributed by atoms with van der Waals surface area (Å²) in [6.07, 6.45) is 10.2. The van der Waals surface area contributed by atoms with Crippen molar-refractivity contribution in [2.45, 2.75) is 57.2 Å². The number of hydrogen-bond acceptors (Lipinski definition) is 4. The molecular weight excluding hydrogens is 384 g/mol. The molecule has 4 rings (SSSR count). The fourth-order valence-electron chi connectivity index (χ4n) is 4.59. The van der Waals surface area contributed by atoms with Gasteiger partial charge >= 0.3 is 5.97 Å². The van der Waals surface area contributed by atoms with Crippen molar-refractivity contribution >= 4 is 23.3 Å². The molecule has 2 aromatic rings. The number of nitrogens with one attached hydrogen (secondary N) is 1. The van der Waals surface area contributed by atoms with E-state index in [2.05, 4.69) is 33.2 Å². The van der Waals surface area contributed by atoms with E-state index in [0.29, 0.717) is 17.8 Å². The summed E-state index contributed by atoms with van der Waals surface area (Å²) in [7, 11) is 0. The van der Waals surface area contributed by atoms with E-state index in [1.165, 1.54) is 37.8 Å². The number of pyridine rings is 1. The molecule has 2 atom stereocenters. The summed E-state index contributed by atoms with van der Waals surface area (Å²) in [5, 5.41) is 3.97. The fraction of sp³-hybridized carbons (Fsp3) is 0.500. The number of nitrogens with zero attached hydrogens (tertiary/aromatic N) is 3. The van der Waals surface area contributed by atoms with Gasteiger partial charge in [0.15, 0.2) is 5.11 Å². The second kappa shape index (κ2) is 8.95. The highest BCUT2D eigenvalue weighted by Crippen LogP contribution is 2.41. The smallest absolute Gasteiger partial charge is 0.325 e. The predicted molar refractivity (Wildman–Crippen MR) is 115 cm³/mol. The Morgan fingerprint density at radius 2 is 2.07 bits per heavy atom. The van der Waals surface area contributed by atoms with Crippen molar-refractivity contribution in [3.63, 3.8) is 0 Å². The quantitative estimate of drug-likeness (QED) is 0.573. The maximum absolute atomic E-state index is 12.3. The van der Waals surface area contributed by atoms with Gasteiger partial charge < -0.3 is 19.5 Å². The minimum Gasteiger partial charge on any atom is -0.465 e. The third kappa shape index (κ3) is 4.15. The van der Waals surface area contributed by atoms with Crippen LogP contribution in [0.4, 0.5) is 0 Å². The number of esters is 1. The van der Waals surface area contributed by atoms with Crippen LogP contribution in [0.15, 0.2) is 42.7 Å². The van der Waals surface area contributed by atoms with E-state index >= 15 is 0 Å². The lowest BCUT2D eigenvalue weighted by Gasteiger charge is -2.32. The van der Waals surface area contributed by atoms with Crippen molar-refractivity contribution in [3.05, 3.63) is 54.1 Å². The Morgan fingerprint density at radius 3 is 2.79 bits per heavy atom. The normalized spacial score (nSPS) is 22.5. The zero-order chi connectivity index (χ0) is 20.2. The second-order valence-corrected chi connectivity index (χ2v) is 8.08. The van der Waals surface area contributed by atoms with Gasteiger partial charge in [0.05, 0.1) is 24.4 Å². The summed E-state index contributed by atoms with van der Waals surface area (Å²) < 4.78 is 7.61. The van der Waals surface area contributed by atoms with Crippen molar-refractivity contribution in [3.8, 4) is 0 Å². The Labute approximate surface area is 177 Å². The third-order valence-corrected chi connectivity index (χ3v) is 6.24. The molecule has 6 nitrogen and oxygen atoms in total. The predicted octanol–water partition coefficient (Wildman–Crippen LogP) is 3.92. The molecule has 29 heavy (non-hydrogen) atoms. The van der Waals surface area contributed by atoms with Crippen molar-refractivity contribution in [2.24, 2.45) is 0 Å². The number of aromatic nitrogens is 2. The number of thiocarbonyl (C=S) groups is 1. The van der Waals surface area contributed by atoms with Crippen LogP contribution in [-0.4, -0.2) is 38.7 Å². The first-order valence-electron chi connectivity index (χ1n) is 10.5. The van der Waals surface area contributed by atoms with Crippen LogP contribution in [0.25, 0.3) is 0 Å². The summed E-state index contributed by atoms with van der Waals surface area (Å²) in [6, 6.07) is 10.4. The zero-order valence-electron chi connectivity index (χ0n) is 16.8. The first-order valence-corrected chi connectivity index (χ1v) is 10.9. The minimum absolute atomic E-state index is 0.112. The Balaban J connectivity index is 1.71. The van der Waals surface area contributed by atoms with E-state index in [1.54, 1.807) is 6.20 Å². The van der Waals surface area contributed by atoms with E-state index in [0.717, 1.165) is 5.69 Å². The van der Waals surface area contributed by atoms with Crippen molar-refractivity contribution in [1.29, 1.82) is 0 Å². The first kappa shape index (κ1) is 19.9. The highest BCUT2D eigenvalue weighted by molar-refractivity contribution is 7.80. The van der Waals surface area contributed by atoms with Crippen LogP contribution >= 0.6 is 12.2 Å². The van der Waals surface area contributed by atoms with Crippen LogP contribution in [0.1, 0.15) is 68.5 Å². The molecule has 2 fully saturated rings. The van der Waals surface area contributed by atoms with Crippen LogP contribution in [0.5, 0.6) is 0 Å². The molecule has 0 unspecified atom stereocenters. The summed E-state index contributed by atoms with van der Waals surface area (Å²) in [5.41, 5.74) is 2.09. The molecular formula is C22H28N4O2S. The van der Waals surface area contributed by atoms with Gasteiger partial charge in [-0.3, -0.25) is 9.78 Å². The maximum atomic E-state index is 12.3. The lowest BCUT2D eigenvalue weighted by atomic mass is 9.94. The molecule has 7 heteroatoms. The van der Waals surface area contributed by atoms with Crippen molar-refractivity contribution in [1.82, 2.24) is 19.8 Å². The highest BCUT2D eigenvalue weighted by atomic mass is 32.1. The summed E-state index contributed by atoms with van der Waals surface area (Å²) in [6.45, 7) is 2.31. The van der Waals surface area contributed by atoms with Crippen molar-refractivity contribution < 1.29 is 9.53 Å². The van der Waals surface area contributed by atoms with Crippen LogP contribution in [-0.2, 0) is 9.53 Å². The number of carbonyl (C=O) groups is 1. The van der Waals surface area contributed by atoms with E-state index < -0.39 is 0 Å². The van der Waals surface area contributed by atoms with Crippen LogP contribution in [0.3, 0.4) is 0 Å². The van der Waals surface area contributed by atoms with Gasteiger partial charge in [-0.05, 0) is 56.2 Å². The van der Waals surface area contributed by atoms with Gasteiger partial charge in [0.25, 0.3) is 0 Å². The van der Waals surface area contributed by atoms with E-state index in [9.17, 15) is 4.79 Å². The highest BCUT2D eigenvalue weighted by Gasteiger charge is 2.42. The molecule has 1 aliphatic heterocycles. The Kier molecular flexibility index (Phi) is 6.13. The fourth-order valence-corrected chi connectivity index (χ4v) is 4.90. The molecule has 1 saturated heterocycles. The second-order valence-electron chi connectivity index (χ2n) is 7.69. The molecule has 0 amide bonds. The van der Waals surface area contributed by atoms with Gasteiger partial charge in [-0.2, -0.15) is 0 Å². The standard InChI is InChI=1S/C22H28N4O2S/c1-2-28-19(27)15-26-21(20(24-22(26)29)17-11-6-7-13-23-17)18-12-8-14-25(18)16-9-4-3-5-10-16/h6-8,11-14,16,20-21H,2-5,9-10,15H2,1H3,(H,24,29)/t20-,21+/m1/s1. The summed E-state index contributed by atoms with van der Waals surface area (Å²) >= 11 is 5.64. The largest absolute Gasteiger partial charge is 0.465 e. The summed E-state index contributed by atoms with van der Waals surface area (Å²) in [5.74, 6) is -0.265. The zero-order valence-corrected chi connectivity index (χ0v) is 17.6. The number of hydrogen-bond donors (Lipinski definition) is 1. The van der Waals surface area contributed by atoms with Crippen LogP contribution in [0.2, 0.25) is 0 Å². The minimum atomic E-state index is -0.265. The molecule has 0 bridgehead atoms. The van der Waals surface area contributed by atoms with Gasteiger partial charge in [0.1, 0.15) is 6.54 Å². The maximum Gasteiger partial charge on any atom is 0.325 e. The number of ether oxygens (including phenoxy) is 1. The SMILES string of the molecule is CCOC(=O)CN1C(=S)N[C@H](c2ccccn2)[C@@H]1c1cccn1C1CCCCC1. The van der Waals surface area contributed by atoms with E-state index in [4.69, 9.17) is 17.0 Å². The molecule has 0 spiro atoms. The molecule has 1 aliphatic carbocycles. The summed E-state index contributed by atoms with van der Waals surface area (Å²) in [4.78, 5) is 18.8. The molecule has 2 aromatic heterocycles. The third-order valence-electron chi connectivity index (χ3n) is 5.89. The van der Waals surface area contributed by atoms with Gasteiger partial charge in [0, 0.05) is 24.1 Å². The number of carbonyl (C=O) groups excluding carboxylic acids is 1. The van der Waals surface area contributed by atoms with Gasteiger partial charge in [0.2, 0.25) is 0 Å². The Hall–Kier alpha value is -2.41. The Bertz CT molecular complexity index is 848. The molecule has 1 saturated carbocycles. The average Bonchev–Trinajstić information content (AvgIpc) is 3.34. The lowest BCUT2D eigenvalue weighted by molar-refractivity contribution is -0.143. The van der Waals surface area contributed by atoms with Crippen LogP contribution in [0, 0.1) is 0 Å². The molecule has 3 heterocycles. The average molecular weight is 413 g/mol. The monoisotopic (exact) mass is 412 g/mol. The van der Waals surface area contributed by atoms with Gasteiger partial charge in [-0.25, -0.2) is 0 Å². The molecule has 154 valence electrons. The van der Waals surface area contributed by atoms with Crippen LogP contribution < -0.4 is 5.32 Å². The van der Waals surface area contributed by atoms with Crippen molar-refractivity contribution in [2.75, 3.05) is 13.2 Å². The molecule has 0 aromatic carbocycles.